The fourth-order valence-corrected chi connectivity index (χ4v) is 1.22. The summed E-state index contributed by atoms with van der Waals surface area (Å²) in [5.74, 6) is 0. The average Bonchev–Trinajstić information content (AvgIpc) is 2.61. The van der Waals surface area contributed by atoms with Crippen LogP contribution < -0.4 is 5.48 Å². The molecule has 0 fully saturated rings. The first-order valence-corrected chi connectivity index (χ1v) is 3.89. The van der Waals surface area contributed by atoms with Gasteiger partial charge in [0.15, 0.2) is 0 Å². The van der Waals surface area contributed by atoms with E-state index < -0.39 is 0 Å². The zero-order valence-corrected chi connectivity index (χ0v) is 6.86. The van der Waals surface area contributed by atoms with Gasteiger partial charge >= 0.3 is 0 Å². The molecule has 0 aliphatic heterocycles. The summed E-state index contributed by atoms with van der Waals surface area (Å²) in [7, 11) is 0. The van der Waals surface area contributed by atoms with Gasteiger partial charge in [0, 0.05) is 17.1 Å². The summed E-state index contributed by atoms with van der Waals surface area (Å²) in [5.41, 5.74) is 3.74. The average molecular weight is 175 g/mol. The molecule has 1 aromatic heterocycles. The molecule has 0 bridgehead atoms. The third-order valence-electron chi connectivity index (χ3n) is 1.81. The van der Waals surface area contributed by atoms with Crippen molar-refractivity contribution in [3.63, 3.8) is 0 Å². The Labute approximate surface area is 74.9 Å². The van der Waals surface area contributed by atoms with Crippen LogP contribution in [0.3, 0.4) is 0 Å². The highest BCUT2D eigenvalue weighted by Crippen LogP contribution is 2.19. The standard InChI is InChI=1S/C9H9N3O/c13-12-6-11-8-1-2-9-7(5-8)3-4-10-9/h1-6,10,13H,(H,11,12). The first kappa shape index (κ1) is 7.82. The molecule has 0 saturated heterocycles. The van der Waals surface area contributed by atoms with Crippen LogP contribution in [0.2, 0.25) is 0 Å². The van der Waals surface area contributed by atoms with Crippen LogP contribution in [0.4, 0.5) is 5.69 Å². The van der Waals surface area contributed by atoms with Gasteiger partial charge in [-0.1, -0.05) is 0 Å². The molecular formula is C9H9N3O. The Morgan fingerprint density at radius 3 is 3.15 bits per heavy atom. The van der Waals surface area contributed by atoms with E-state index in [2.05, 4.69) is 9.98 Å². The second kappa shape index (κ2) is 3.28. The number of hydrogen-bond donors (Lipinski definition) is 3. The zero-order chi connectivity index (χ0) is 9.10. The normalized spacial score (nSPS) is 11.2. The molecule has 0 unspecified atom stereocenters. The third-order valence-corrected chi connectivity index (χ3v) is 1.81. The van der Waals surface area contributed by atoms with Crippen molar-refractivity contribution in [3.05, 3.63) is 30.5 Å². The lowest BCUT2D eigenvalue weighted by Crippen LogP contribution is -2.00. The van der Waals surface area contributed by atoms with Crippen LogP contribution in [0, 0.1) is 0 Å². The Morgan fingerprint density at radius 2 is 2.31 bits per heavy atom. The van der Waals surface area contributed by atoms with Crippen molar-refractivity contribution < 1.29 is 5.21 Å². The minimum atomic E-state index is 0.800. The second-order valence-electron chi connectivity index (χ2n) is 2.64. The van der Waals surface area contributed by atoms with E-state index in [4.69, 9.17) is 5.21 Å². The molecule has 0 radical (unpaired) electrons. The van der Waals surface area contributed by atoms with E-state index in [9.17, 15) is 0 Å². The fourth-order valence-electron chi connectivity index (χ4n) is 1.22. The molecule has 66 valence electrons. The van der Waals surface area contributed by atoms with Gasteiger partial charge in [0.25, 0.3) is 0 Å². The molecular weight excluding hydrogens is 166 g/mol. The monoisotopic (exact) mass is 175 g/mol. The number of fused-ring (bicyclic) bond motifs is 1. The number of nitrogens with one attached hydrogen (secondary N) is 2. The van der Waals surface area contributed by atoms with Gasteiger partial charge in [0.05, 0.1) is 5.69 Å². The van der Waals surface area contributed by atoms with E-state index >= 15 is 0 Å². The molecule has 1 aromatic carbocycles. The van der Waals surface area contributed by atoms with Gasteiger partial charge in [-0.25, -0.2) is 4.99 Å². The van der Waals surface area contributed by atoms with Crippen molar-refractivity contribution in [3.8, 4) is 0 Å². The maximum Gasteiger partial charge on any atom is 0.113 e. The number of H-pyrrole nitrogens is 1. The van der Waals surface area contributed by atoms with E-state index in [0.29, 0.717) is 0 Å². The van der Waals surface area contributed by atoms with Gasteiger partial charge in [-0.2, -0.15) is 0 Å². The summed E-state index contributed by atoms with van der Waals surface area (Å²) >= 11 is 0. The number of nitrogens with zero attached hydrogens (tertiary/aromatic N) is 1. The maximum atomic E-state index is 8.30. The van der Waals surface area contributed by atoms with Crippen molar-refractivity contribution in [2.24, 2.45) is 4.99 Å². The molecule has 2 aromatic rings. The van der Waals surface area contributed by atoms with Crippen LogP contribution in [0.5, 0.6) is 0 Å². The summed E-state index contributed by atoms with van der Waals surface area (Å²) < 4.78 is 0. The lowest BCUT2D eigenvalue weighted by molar-refractivity contribution is 0.240. The van der Waals surface area contributed by atoms with Crippen LogP contribution in [0.1, 0.15) is 0 Å². The largest absolute Gasteiger partial charge is 0.361 e. The number of aliphatic imine (C=N–C) groups is 1. The summed E-state index contributed by atoms with van der Waals surface area (Å²) in [6.45, 7) is 0. The minimum absolute atomic E-state index is 0.800. The van der Waals surface area contributed by atoms with Gasteiger partial charge in [-0.05, 0) is 24.3 Å². The molecule has 1 heterocycles. The van der Waals surface area contributed by atoms with Crippen molar-refractivity contribution in [2.75, 3.05) is 0 Å². The summed E-state index contributed by atoms with van der Waals surface area (Å²) in [6, 6.07) is 7.71. The summed E-state index contributed by atoms with van der Waals surface area (Å²) in [5, 5.41) is 9.40. The van der Waals surface area contributed by atoms with Gasteiger partial charge < -0.3 is 4.98 Å². The Morgan fingerprint density at radius 1 is 1.38 bits per heavy atom. The molecule has 0 spiro atoms. The van der Waals surface area contributed by atoms with Gasteiger partial charge in [-0.3, -0.25) is 10.7 Å². The van der Waals surface area contributed by atoms with Crippen LogP contribution in [0.15, 0.2) is 35.5 Å². The first-order valence-electron chi connectivity index (χ1n) is 3.89. The van der Waals surface area contributed by atoms with Crippen LogP contribution in [-0.4, -0.2) is 16.5 Å². The van der Waals surface area contributed by atoms with E-state index in [1.807, 2.05) is 35.9 Å². The molecule has 4 nitrogen and oxygen atoms in total. The third kappa shape index (κ3) is 1.52. The van der Waals surface area contributed by atoms with Crippen LogP contribution in [-0.2, 0) is 0 Å². The highest BCUT2D eigenvalue weighted by molar-refractivity contribution is 5.83. The number of benzene rings is 1. The molecule has 2 rings (SSSR count). The highest BCUT2D eigenvalue weighted by Gasteiger charge is 1.94. The van der Waals surface area contributed by atoms with Gasteiger partial charge in [0.1, 0.15) is 6.34 Å². The lowest BCUT2D eigenvalue weighted by Gasteiger charge is -1.93. The number of aromatic nitrogens is 1. The molecule has 3 N–H and O–H groups in total. The number of hydroxylamine groups is 1. The zero-order valence-electron chi connectivity index (χ0n) is 6.86. The Kier molecular flexibility index (Phi) is 1.97. The molecule has 0 aliphatic carbocycles. The minimum Gasteiger partial charge on any atom is -0.361 e. The van der Waals surface area contributed by atoms with Crippen molar-refractivity contribution in [2.45, 2.75) is 0 Å². The van der Waals surface area contributed by atoms with Crippen molar-refractivity contribution in [1.82, 2.24) is 10.5 Å². The molecule has 4 heteroatoms. The van der Waals surface area contributed by atoms with Crippen molar-refractivity contribution >= 4 is 22.9 Å². The lowest BCUT2D eigenvalue weighted by atomic mass is 10.2. The number of hydrogen-bond acceptors (Lipinski definition) is 2. The van der Waals surface area contributed by atoms with Crippen LogP contribution >= 0.6 is 0 Å². The quantitative estimate of drug-likeness (QED) is 0.370. The molecule has 0 amide bonds. The Hall–Kier alpha value is -1.81. The molecule has 0 saturated carbocycles. The number of rotatable bonds is 2. The van der Waals surface area contributed by atoms with E-state index in [1.54, 1.807) is 0 Å². The molecule has 0 atom stereocenters. The fraction of sp³-hybridized carbons (Fsp3) is 0. The molecule has 13 heavy (non-hydrogen) atoms. The second-order valence-corrected chi connectivity index (χ2v) is 2.64. The predicted octanol–water partition coefficient (Wildman–Crippen LogP) is 1.81. The first-order chi connectivity index (χ1) is 6.40. The van der Waals surface area contributed by atoms with Gasteiger partial charge in [-0.15, -0.1) is 0 Å². The SMILES string of the molecule is ONC=Nc1ccc2[nH]ccc2c1. The van der Waals surface area contributed by atoms with E-state index in [-0.39, 0.29) is 0 Å². The topological polar surface area (TPSA) is 60.4 Å². The van der Waals surface area contributed by atoms with E-state index in [1.165, 1.54) is 6.34 Å². The van der Waals surface area contributed by atoms with Crippen molar-refractivity contribution in [1.29, 1.82) is 0 Å². The predicted molar refractivity (Wildman–Crippen MR) is 51.4 cm³/mol. The van der Waals surface area contributed by atoms with E-state index in [0.717, 1.165) is 16.6 Å². The van der Waals surface area contributed by atoms with Crippen LogP contribution in [0.25, 0.3) is 10.9 Å². The number of aromatic amines is 1. The summed E-state index contributed by atoms with van der Waals surface area (Å²) in [4.78, 5) is 7.04. The summed E-state index contributed by atoms with van der Waals surface area (Å²) in [6.07, 6.45) is 3.11. The smallest absolute Gasteiger partial charge is 0.113 e. The van der Waals surface area contributed by atoms with Gasteiger partial charge in [0.2, 0.25) is 0 Å². The molecule has 0 aliphatic rings. The Balaban J connectivity index is 2.42. The maximum absolute atomic E-state index is 8.30. The highest BCUT2D eigenvalue weighted by atomic mass is 16.5. The Bertz CT molecular complexity index is 433.